The quantitative estimate of drug-likeness (QED) is 0.878. The Balaban J connectivity index is 2.42. The van der Waals surface area contributed by atoms with Gasteiger partial charge in [-0.25, -0.2) is 4.79 Å². The SMILES string of the molecule is CN(CCCC(=O)O)C(=O)Nc1cccc(Br)c1. The number of nitrogens with one attached hydrogen (secondary N) is 1. The van der Waals surface area contributed by atoms with Crippen LogP contribution in [0.2, 0.25) is 0 Å². The van der Waals surface area contributed by atoms with Crippen molar-refractivity contribution in [2.75, 3.05) is 18.9 Å². The van der Waals surface area contributed by atoms with Crippen LogP contribution in [0.3, 0.4) is 0 Å². The number of carbonyl (C=O) groups is 2. The molecule has 0 bridgehead atoms. The number of amides is 2. The van der Waals surface area contributed by atoms with Crippen LogP contribution < -0.4 is 5.32 Å². The van der Waals surface area contributed by atoms with Crippen LogP contribution in [0.4, 0.5) is 10.5 Å². The highest BCUT2D eigenvalue weighted by Crippen LogP contribution is 2.15. The summed E-state index contributed by atoms with van der Waals surface area (Å²) in [6.45, 7) is 0.409. The van der Waals surface area contributed by atoms with Crippen LogP contribution in [-0.4, -0.2) is 35.6 Å². The van der Waals surface area contributed by atoms with Crippen molar-refractivity contribution < 1.29 is 14.7 Å². The normalized spacial score (nSPS) is 9.89. The molecule has 0 saturated carbocycles. The molecular formula is C12H15BrN2O3. The van der Waals surface area contributed by atoms with E-state index >= 15 is 0 Å². The van der Waals surface area contributed by atoms with Crippen LogP contribution >= 0.6 is 15.9 Å². The zero-order valence-electron chi connectivity index (χ0n) is 10.0. The third-order valence-electron chi connectivity index (χ3n) is 2.31. The van der Waals surface area contributed by atoms with Gasteiger partial charge in [0.25, 0.3) is 0 Å². The van der Waals surface area contributed by atoms with Crippen LogP contribution in [0.1, 0.15) is 12.8 Å². The Morgan fingerprint density at radius 2 is 2.17 bits per heavy atom. The Morgan fingerprint density at radius 1 is 1.44 bits per heavy atom. The average Bonchev–Trinajstić information content (AvgIpc) is 2.28. The van der Waals surface area contributed by atoms with E-state index in [1.807, 2.05) is 12.1 Å². The minimum absolute atomic E-state index is 0.0640. The molecule has 5 nitrogen and oxygen atoms in total. The van der Waals surface area contributed by atoms with E-state index in [1.54, 1.807) is 19.2 Å². The van der Waals surface area contributed by atoms with E-state index in [0.717, 1.165) is 4.47 Å². The summed E-state index contributed by atoms with van der Waals surface area (Å²) in [7, 11) is 1.63. The Hall–Kier alpha value is -1.56. The first kappa shape index (κ1) is 14.5. The fraction of sp³-hybridized carbons (Fsp3) is 0.333. The number of hydrogen-bond acceptors (Lipinski definition) is 2. The topological polar surface area (TPSA) is 69.6 Å². The summed E-state index contributed by atoms with van der Waals surface area (Å²) < 4.78 is 0.883. The molecule has 0 radical (unpaired) electrons. The van der Waals surface area contributed by atoms with Crippen molar-refractivity contribution in [1.29, 1.82) is 0 Å². The highest BCUT2D eigenvalue weighted by Gasteiger charge is 2.09. The van der Waals surface area contributed by atoms with Gasteiger partial charge in [-0.05, 0) is 24.6 Å². The number of nitrogens with zero attached hydrogens (tertiary/aromatic N) is 1. The molecule has 1 rings (SSSR count). The highest BCUT2D eigenvalue weighted by molar-refractivity contribution is 9.10. The molecular weight excluding hydrogens is 300 g/mol. The van der Waals surface area contributed by atoms with Crippen molar-refractivity contribution >= 4 is 33.6 Å². The van der Waals surface area contributed by atoms with E-state index in [0.29, 0.717) is 18.7 Å². The summed E-state index contributed by atoms with van der Waals surface area (Å²) in [5, 5.41) is 11.2. The van der Waals surface area contributed by atoms with Crippen molar-refractivity contribution in [2.24, 2.45) is 0 Å². The zero-order valence-corrected chi connectivity index (χ0v) is 11.6. The van der Waals surface area contributed by atoms with Gasteiger partial charge in [0, 0.05) is 30.2 Å². The van der Waals surface area contributed by atoms with Gasteiger partial charge < -0.3 is 15.3 Å². The molecule has 2 N–H and O–H groups in total. The predicted molar refractivity (Wildman–Crippen MR) is 72.7 cm³/mol. The fourth-order valence-corrected chi connectivity index (χ4v) is 1.75. The van der Waals surface area contributed by atoms with E-state index in [9.17, 15) is 9.59 Å². The molecule has 0 fully saturated rings. The van der Waals surface area contributed by atoms with E-state index in [4.69, 9.17) is 5.11 Å². The lowest BCUT2D eigenvalue weighted by molar-refractivity contribution is -0.137. The number of hydrogen-bond donors (Lipinski definition) is 2. The maximum atomic E-state index is 11.8. The van der Waals surface area contributed by atoms with E-state index in [-0.39, 0.29) is 12.5 Å². The van der Waals surface area contributed by atoms with Gasteiger partial charge in [-0.3, -0.25) is 4.79 Å². The highest BCUT2D eigenvalue weighted by atomic mass is 79.9. The van der Waals surface area contributed by atoms with Crippen LogP contribution in [0.25, 0.3) is 0 Å². The van der Waals surface area contributed by atoms with Gasteiger partial charge in [-0.1, -0.05) is 22.0 Å². The maximum absolute atomic E-state index is 11.8. The lowest BCUT2D eigenvalue weighted by Crippen LogP contribution is -2.32. The second kappa shape index (κ2) is 7.00. The molecule has 1 aromatic rings. The molecule has 0 atom stereocenters. The lowest BCUT2D eigenvalue weighted by Gasteiger charge is -2.17. The number of benzene rings is 1. The number of urea groups is 1. The molecule has 0 aliphatic carbocycles. The Kier molecular flexibility index (Phi) is 5.64. The average molecular weight is 315 g/mol. The molecule has 2 amide bonds. The largest absolute Gasteiger partial charge is 0.481 e. The summed E-state index contributed by atoms with van der Waals surface area (Å²) >= 11 is 3.32. The van der Waals surface area contributed by atoms with E-state index in [2.05, 4.69) is 21.2 Å². The van der Waals surface area contributed by atoms with Gasteiger partial charge >= 0.3 is 12.0 Å². The number of carboxylic acids is 1. The Labute approximate surface area is 114 Å². The van der Waals surface area contributed by atoms with Crippen LogP contribution in [0, 0.1) is 0 Å². The summed E-state index contributed by atoms with van der Waals surface area (Å²) in [5.41, 5.74) is 0.694. The summed E-state index contributed by atoms with van der Waals surface area (Å²) in [6.07, 6.45) is 0.506. The second-order valence-corrected chi connectivity index (χ2v) is 4.78. The molecule has 98 valence electrons. The number of aliphatic carboxylic acids is 1. The molecule has 6 heteroatoms. The molecule has 0 aliphatic rings. The van der Waals surface area contributed by atoms with Crippen molar-refractivity contribution in [3.05, 3.63) is 28.7 Å². The van der Waals surface area contributed by atoms with Crippen LogP contribution in [-0.2, 0) is 4.79 Å². The fourth-order valence-electron chi connectivity index (χ4n) is 1.35. The third kappa shape index (κ3) is 5.18. The molecule has 18 heavy (non-hydrogen) atoms. The standard InChI is InChI=1S/C12H15BrN2O3/c1-15(7-3-6-11(16)17)12(18)14-10-5-2-4-9(13)8-10/h2,4-5,8H,3,6-7H2,1H3,(H,14,18)(H,16,17). The Morgan fingerprint density at radius 3 is 2.78 bits per heavy atom. The number of halogens is 1. The molecule has 1 aromatic carbocycles. The summed E-state index contributed by atoms with van der Waals surface area (Å²) in [6, 6.07) is 7.02. The molecule has 0 heterocycles. The smallest absolute Gasteiger partial charge is 0.321 e. The first-order valence-electron chi connectivity index (χ1n) is 5.48. The van der Waals surface area contributed by atoms with Crippen molar-refractivity contribution in [2.45, 2.75) is 12.8 Å². The van der Waals surface area contributed by atoms with Crippen LogP contribution in [0.15, 0.2) is 28.7 Å². The van der Waals surface area contributed by atoms with Crippen molar-refractivity contribution in [3.8, 4) is 0 Å². The molecule has 0 spiro atoms. The van der Waals surface area contributed by atoms with Crippen molar-refractivity contribution in [1.82, 2.24) is 4.90 Å². The van der Waals surface area contributed by atoms with Gasteiger partial charge in [0.15, 0.2) is 0 Å². The Bertz CT molecular complexity index is 437. The number of rotatable bonds is 5. The van der Waals surface area contributed by atoms with E-state index in [1.165, 1.54) is 4.90 Å². The maximum Gasteiger partial charge on any atom is 0.321 e. The minimum Gasteiger partial charge on any atom is -0.481 e. The molecule has 0 saturated heterocycles. The minimum atomic E-state index is -0.851. The van der Waals surface area contributed by atoms with Gasteiger partial charge in [-0.15, -0.1) is 0 Å². The van der Waals surface area contributed by atoms with Crippen molar-refractivity contribution in [3.63, 3.8) is 0 Å². The zero-order chi connectivity index (χ0) is 13.5. The van der Waals surface area contributed by atoms with Gasteiger partial charge in [0.05, 0.1) is 0 Å². The van der Waals surface area contributed by atoms with Crippen LogP contribution in [0.5, 0.6) is 0 Å². The van der Waals surface area contributed by atoms with Gasteiger partial charge in [-0.2, -0.15) is 0 Å². The third-order valence-corrected chi connectivity index (χ3v) is 2.80. The first-order valence-corrected chi connectivity index (χ1v) is 6.28. The van der Waals surface area contributed by atoms with Gasteiger partial charge in [0.2, 0.25) is 0 Å². The van der Waals surface area contributed by atoms with Gasteiger partial charge in [0.1, 0.15) is 0 Å². The monoisotopic (exact) mass is 314 g/mol. The number of carbonyl (C=O) groups excluding carboxylic acids is 1. The predicted octanol–water partition coefficient (Wildman–Crippen LogP) is 2.78. The molecule has 0 unspecified atom stereocenters. The lowest BCUT2D eigenvalue weighted by atomic mass is 10.3. The summed E-state index contributed by atoms with van der Waals surface area (Å²) in [4.78, 5) is 23.6. The molecule has 0 aliphatic heterocycles. The number of anilines is 1. The summed E-state index contributed by atoms with van der Waals surface area (Å²) in [5.74, 6) is -0.851. The molecule has 0 aromatic heterocycles. The van der Waals surface area contributed by atoms with E-state index < -0.39 is 5.97 Å². The first-order chi connectivity index (χ1) is 8.49. The number of carboxylic acid groups (broad SMARTS) is 1. The second-order valence-electron chi connectivity index (χ2n) is 3.86.